The molecule has 0 saturated carbocycles. The van der Waals surface area contributed by atoms with Gasteiger partial charge in [0.25, 0.3) is 5.91 Å². The Balaban J connectivity index is 1.51. The summed E-state index contributed by atoms with van der Waals surface area (Å²) in [5.41, 5.74) is 3.42. The fraction of sp³-hybridized carbons (Fsp3) is 0.385. The van der Waals surface area contributed by atoms with Gasteiger partial charge in [-0.05, 0) is 44.2 Å². The van der Waals surface area contributed by atoms with E-state index in [1.165, 1.54) is 6.07 Å². The maximum atomic E-state index is 13.2. The maximum absolute atomic E-state index is 13.2. The number of aromatic nitrogens is 2. The lowest BCUT2D eigenvalue weighted by atomic mass is 9.80. The van der Waals surface area contributed by atoms with E-state index in [4.69, 9.17) is 9.72 Å². The third kappa shape index (κ3) is 3.03. The van der Waals surface area contributed by atoms with E-state index in [2.05, 4.69) is 35.6 Å². The summed E-state index contributed by atoms with van der Waals surface area (Å²) in [6.45, 7) is 2.17. The van der Waals surface area contributed by atoms with Gasteiger partial charge in [0.15, 0.2) is 0 Å². The van der Waals surface area contributed by atoms with Crippen LogP contribution in [0, 0.1) is 17.8 Å². The molecule has 1 fully saturated rings. The Kier molecular flexibility index (Phi) is 4.52. The van der Waals surface area contributed by atoms with Gasteiger partial charge in [0.2, 0.25) is 0 Å². The zero-order valence-electron chi connectivity index (χ0n) is 19.1. The maximum Gasteiger partial charge on any atom is 0.387 e. The number of benzene rings is 2. The number of hydrogen-bond donors (Lipinski definition) is 1. The van der Waals surface area contributed by atoms with E-state index >= 15 is 0 Å². The van der Waals surface area contributed by atoms with E-state index < -0.39 is 6.61 Å². The highest BCUT2D eigenvalue weighted by molar-refractivity contribution is 5.97. The number of carbonyl (C=O) groups is 1. The molecule has 2 bridgehead atoms. The molecule has 6 nitrogen and oxygen atoms in total. The summed E-state index contributed by atoms with van der Waals surface area (Å²) in [4.78, 5) is 19.7. The third-order valence-corrected chi connectivity index (χ3v) is 7.43. The van der Waals surface area contributed by atoms with Crippen LogP contribution in [0.3, 0.4) is 0 Å². The fourth-order valence-corrected chi connectivity index (χ4v) is 5.37. The Morgan fingerprint density at radius 1 is 1.24 bits per heavy atom. The van der Waals surface area contributed by atoms with E-state index in [0.29, 0.717) is 17.5 Å². The van der Waals surface area contributed by atoms with Crippen LogP contribution in [0.15, 0.2) is 36.4 Å². The van der Waals surface area contributed by atoms with Gasteiger partial charge >= 0.3 is 6.61 Å². The van der Waals surface area contributed by atoms with Crippen LogP contribution >= 0.6 is 0 Å². The monoisotopic (exact) mass is 462 g/mol. The molecule has 2 unspecified atom stereocenters. The van der Waals surface area contributed by atoms with E-state index in [1.807, 2.05) is 18.2 Å². The van der Waals surface area contributed by atoms with Crippen LogP contribution < -0.4 is 10.1 Å². The molecule has 0 spiro atoms. The number of halogens is 2. The molecule has 0 radical (unpaired) electrons. The first-order valence-corrected chi connectivity index (χ1v) is 11.4. The predicted molar refractivity (Wildman–Crippen MR) is 123 cm³/mol. The van der Waals surface area contributed by atoms with Crippen molar-refractivity contribution in [3.05, 3.63) is 58.9 Å². The molecule has 1 N–H and O–H groups in total. The second-order valence-corrected chi connectivity index (χ2v) is 9.75. The van der Waals surface area contributed by atoms with Gasteiger partial charge in [0.05, 0.1) is 29.0 Å². The number of rotatable bonds is 2. The van der Waals surface area contributed by atoms with Crippen molar-refractivity contribution in [2.75, 3.05) is 13.6 Å². The van der Waals surface area contributed by atoms with Crippen LogP contribution in [0.4, 0.5) is 8.78 Å². The van der Waals surface area contributed by atoms with Crippen molar-refractivity contribution in [1.29, 1.82) is 0 Å². The predicted octanol–water partition coefficient (Wildman–Crippen LogP) is 4.11. The molecule has 8 heteroatoms. The molecule has 34 heavy (non-hydrogen) atoms. The summed E-state index contributed by atoms with van der Waals surface area (Å²) < 4.78 is 33.4. The number of carbonyl (C=O) groups excluding carboxylic acids is 1. The topological polar surface area (TPSA) is 59.4 Å². The number of nitrogens with one attached hydrogen (secondary N) is 1. The van der Waals surface area contributed by atoms with Gasteiger partial charge < -0.3 is 19.5 Å². The van der Waals surface area contributed by atoms with Crippen LogP contribution in [0.5, 0.6) is 5.75 Å². The highest BCUT2D eigenvalue weighted by Gasteiger charge is 2.45. The summed E-state index contributed by atoms with van der Waals surface area (Å²) in [5, 5.41) is 3.38. The van der Waals surface area contributed by atoms with Gasteiger partial charge in [-0.25, -0.2) is 4.98 Å². The van der Waals surface area contributed by atoms with Gasteiger partial charge in [-0.3, -0.25) is 4.79 Å². The molecule has 1 aromatic heterocycles. The SMILES string of the molecule is CN1C(=O)c2cccc(OC(F)F)c2[C@H]2CC1c1nc3ccc(C#CC4CNC4(C)C)cc3n12. The Hall–Kier alpha value is -3.44. The van der Waals surface area contributed by atoms with Crippen LogP contribution in [0.1, 0.15) is 59.7 Å². The quantitative estimate of drug-likeness (QED) is 0.583. The molecular weight excluding hydrogens is 438 g/mol. The zero-order valence-corrected chi connectivity index (χ0v) is 19.1. The van der Waals surface area contributed by atoms with Gasteiger partial charge in [-0.1, -0.05) is 17.9 Å². The summed E-state index contributed by atoms with van der Waals surface area (Å²) in [7, 11) is 1.74. The van der Waals surface area contributed by atoms with E-state index in [9.17, 15) is 13.6 Å². The lowest BCUT2D eigenvalue weighted by Crippen LogP contribution is -2.60. The lowest BCUT2D eigenvalue weighted by molar-refractivity contribution is -0.0507. The molecule has 2 aromatic carbocycles. The highest BCUT2D eigenvalue weighted by Crippen LogP contribution is 2.49. The molecule has 1 saturated heterocycles. The van der Waals surface area contributed by atoms with Crippen molar-refractivity contribution < 1.29 is 18.3 Å². The number of hydrogen-bond acceptors (Lipinski definition) is 4. The molecule has 6 rings (SSSR count). The molecule has 3 aliphatic rings. The molecule has 0 aliphatic carbocycles. The number of amides is 1. The Bertz CT molecular complexity index is 1400. The van der Waals surface area contributed by atoms with Crippen LogP contribution in [0.25, 0.3) is 11.0 Å². The normalized spacial score (nSPS) is 24.2. The average Bonchev–Trinajstić information content (AvgIpc) is 3.31. The first-order valence-electron chi connectivity index (χ1n) is 11.4. The second-order valence-electron chi connectivity index (χ2n) is 9.75. The molecule has 3 aliphatic heterocycles. The van der Waals surface area contributed by atoms with Gasteiger partial charge in [-0.2, -0.15) is 8.78 Å². The summed E-state index contributed by atoms with van der Waals surface area (Å²) in [6.07, 6.45) is 0.551. The van der Waals surface area contributed by atoms with Crippen molar-refractivity contribution in [1.82, 2.24) is 19.8 Å². The van der Waals surface area contributed by atoms with Crippen molar-refractivity contribution in [3.63, 3.8) is 0 Å². The number of nitrogens with zero attached hydrogens (tertiary/aromatic N) is 3. The second kappa shape index (κ2) is 7.28. The summed E-state index contributed by atoms with van der Waals surface area (Å²) in [6, 6.07) is 10.1. The van der Waals surface area contributed by atoms with Crippen molar-refractivity contribution in [2.24, 2.45) is 5.92 Å². The number of imidazole rings is 1. The van der Waals surface area contributed by atoms with Crippen molar-refractivity contribution in [3.8, 4) is 17.6 Å². The minimum atomic E-state index is -2.98. The molecular formula is C26H24F2N4O2. The summed E-state index contributed by atoms with van der Waals surface area (Å²) in [5.74, 6) is 7.51. The highest BCUT2D eigenvalue weighted by atomic mass is 19.3. The first kappa shape index (κ1) is 21.1. The Morgan fingerprint density at radius 2 is 2.06 bits per heavy atom. The third-order valence-electron chi connectivity index (χ3n) is 7.43. The largest absolute Gasteiger partial charge is 0.434 e. The lowest BCUT2D eigenvalue weighted by Gasteiger charge is -2.42. The number of fused-ring (bicyclic) bond motifs is 9. The molecule has 174 valence electrons. The van der Waals surface area contributed by atoms with Crippen LogP contribution in [-0.2, 0) is 0 Å². The zero-order chi connectivity index (χ0) is 23.8. The van der Waals surface area contributed by atoms with Gasteiger partial charge in [0.1, 0.15) is 11.6 Å². The van der Waals surface area contributed by atoms with E-state index in [0.717, 1.165) is 29.0 Å². The number of alkyl halides is 2. The average molecular weight is 463 g/mol. The Labute approximate surface area is 195 Å². The van der Waals surface area contributed by atoms with E-state index in [1.54, 1.807) is 24.1 Å². The van der Waals surface area contributed by atoms with Crippen molar-refractivity contribution >= 4 is 16.9 Å². The molecule has 3 atom stereocenters. The Morgan fingerprint density at radius 3 is 2.76 bits per heavy atom. The van der Waals surface area contributed by atoms with Crippen LogP contribution in [0.2, 0.25) is 0 Å². The minimum absolute atomic E-state index is 0.00616. The van der Waals surface area contributed by atoms with Crippen molar-refractivity contribution in [2.45, 2.75) is 44.5 Å². The molecule has 1 amide bonds. The van der Waals surface area contributed by atoms with Crippen LogP contribution in [-0.4, -0.2) is 46.1 Å². The standard InChI is InChI=1S/C26H24F2N4O2/c1-26(2)15(13-29-26)9-7-14-8-10-17-18(11-14)32-19-12-20(23(32)30-17)31(3)24(33)16-5-4-6-21(22(16)19)34-25(27)28/h4-6,8,10-11,15,19-20,25,29H,12-13H2,1-3H3/t15?,19-,20?/m1/s1. The summed E-state index contributed by atoms with van der Waals surface area (Å²) >= 11 is 0. The number of ether oxygens (including phenoxy) is 1. The van der Waals surface area contributed by atoms with Gasteiger partial charge in [0, 0.05) is 42.2 Å². The molecule has 4 heterocycles. The minimum Gasteiger partial charge on any atom is -0.434 e. The van der Waals surface area contributed by atoms with Gasteiger partial charge in [-0.15, -0.1) is 0 Å². The van der Waals surface area contributed by atoms with E-state index in [-0.39, 0.29) is 35.2 Å². The molecule has 3 aromatic rings. The first-order chi connectivity index (χ1) is 16.2. The smallest absolute Gasteiger partial charge is 0.387 e. The fourth-order valence-electron chi connectivity index (χ4n) is 5.37.